The van der Waals surface area contributed by atoms with E-state index in [9.17, 15) is 9.18 Å². The summed E-state index contributed by atoms with van der Waals surface area (Å²) >= 11 is 1.66. The van der Waals surface area contributed by atoms with Crippen molar-refractivity contribution in [2.45, 2.75) is 18.8 Å². The number of nitrogens with zero attached hydrogens (tertiary/aromatic N) is 2. The van der Waals surface area contributed by atoms with Crippen molar-refractivity contribution >= 4 is 23.6 Å². The van der Waals surface area contributed by atoms with Crippen LogP contribution < -0.4 is 15.4 Å². The lowest BCUT2D eigenvalue weighted by atomic mass is 10.1. The topological polar surface area (TPSA) is 66.0 Å². The monoisotopic (exact) mass is 432 g/mol. The van der Waals surface area contributed by atoms with E-state index in [-0.39, 0.29) is 18.3 Å². The number of hydrogen-bond donors (Lipinski definition) is 2. The van der Waals surface area contributed by atoms with Gasteiger partial charge in [-0.1, -0.05) is 18.2 Å². The fourth-order valence-corrected chi connectivity index (χ4v) is 3.24. The van der Waals surface area contributed by atoms with Crippen LogP contribution >= 0.6 is 11.8 Å². The summed E-state index contributed by atoms with van der Waals surface area (Å²) in [6, 6.07) is 12.4. The lowest BCUT2D eigenvalue weighted by molar-refractivity contribution is -0.130. The summed E-state index contributed by atoms with van der Waals surface area (Å²) in [5.74, 6) is 1.72. The van der Waals surface area contributed by atoms with Gasteiger partial charge in [-0.05, 0) is 47.2 Å². The number of rotatable bonds is 9. The van der Waals surface area contributed by atoms with Crippen molar-refractivity contribution in [3.05, 3.63) is 65.0 Å². The maximum atomic E-state index is 13.5. The molecule has 0 aliphatic carbocycles. The Labute approximate surface area is 181 Å². The highest BCUT2D eigenvalue weighted by Crippen LogP contribution is 2.17. The molecule has 30 heavy (non-hydrogen) atoms. The van der Waals surface area contributed by atoms with Gasteiger partial charge in [-0.3, -0.25) is 9.79 Å². The van der Waals surface area contributed by atoms with Gasteiger partial charge in [-0.15, -0.1) is 0 Å². The summed E-state index contributed by atoms with van der Waals surface area (Å²) in [6.07, 6.45) is 2.00. The Morgan fingerprint density at radius 3 is 2.60 bits per heavy atom. The number of thioether (sulfide) groups is 1. The van der Waals surface area contributed by atoms with E-state index in [1.54, 1.807) is 45.0 Å². The molecule has 2 aromatic carbocycles. The van der Waals surface area contributed by atoms with Crippen LogP contribution in [-0.2, 0) is 23.6 Å². The molecular formula is C22H29FN4O2S. The van der Waals surface area contributed by atoms with E-state index in [1.165, 1.54) is 11.0 Å². The van der Waals surface area contributed by atoms with Crippen LogP contribution in [-0.4, -0.2) is 50.8 Å². The summed E-state index contributed by atoms with van der Waals surface area (Å²) in [5.41, 5.74) is 3.01. The number of guanidine groups is 1. The smallest absolute Gasteiger partial charge is 0.259 e. The van der Waals surface area contributed by atoms with E-state index in [2.05, 4.69) is 15.6 Å². The average Bonchev–Trinajstić information content (AvgIpc) is 2.73. The Balaban J connectivity index is 1.90. The van der Waals surface area contributed by atoms with E-state index in [4.69, 9.17) is 4.74 Å². The summed E-state index contributed by atoms with van der Waals surface area (Å²) < 4.78 is 19.1. The first-order chi connectivity index (χ1) is 14.4. The molecular weight excluding hydrogens is 403 g/mol. The predicted octanol–water partition coefficient (Wildman–Crippen LogP) is 3.02. The van der Waals surface area contributed by atoms with E-state index in [1.807, 2.05) is 30.5 Å². The molecule has 0 bridgehead atoms. The molecule has 0 fully saturated rings. The van der Waals surface area contributed by atoms with E-state index < -0.39 is 0 Å². The lowest BCUT2D eigenvalue weighted by Crippen LogP contribution is -2.36. The molecule has 6 nitrogen and oxygen atoms in total. The third-order valence-corrected chi connectivity index (χ3v) is 4.96. The third kappa shape index (κ3) is 7.59. The lowest BCUT2D eigenvalue weighted by Gasteiger charge is -2.15. The van der Waals surface area contributed by atoms with Gasteiger partial charge in [0.1, 0.15) is 11.6 Å². The molecule has 8 heteroatoms. The van der Waals surface area contributed by atoms with Crippen molar-refractivity contribution in [3.63, 3.8) is 0 Å². The molecule has 0 aliphatic heterocycles. The maximum Gasteiger partial charge on any atom is 0.259 e. The second-order valence-corrected chi connectivity index (χ2v) is 7.72. The number of halogens is 1. The molecule has 162 valence electrons. The zero-order chi connectivity index (χ0) is 21.9. The highest BCUT2D eigenvalue weighted by atomic mass is 32.2. The average molecular weight is 433 g/mol. The van der Waals surface area contributed by atoms with Crippen molar-refractivity contribution in [1.82, 2.24) is 15.5 Å². The van der Waals surface area contributed by atoms with Crippen molar-refractivity contribution < 1.29 is 13.9 Å². The second kappa shape index (κ2) is 12.1. The van der Waals surface area contributed by atoms with Crippen LogP contribution in [0, 0.1) is 5.82 Å². The largest absolute Gasteiger partial charge is 0.484 e. The van der Waals surface area contributed by atoms with Crippen LogP contribution in [0.3, 0.4) is 0 Å². The molecule has 0 atom stereocenters. The van der Waals surface area contributed by atoms with Gasteiger partial charge in [0.25, 0.3) is 5.91 Å². The summed E-state index contributed by atoms with van der Waals surface area (Å²) in [5, 5.41) is 6.53. The number of nitrogens with one attached hydrogen (secondary N) is 2. The standard InChI is InChI=1S/C22H29FN4O2S/c1-24-22(26-13-17-8-9-19(23)11-18(17)15-30-4)25-12-16-6-5-7-20(10-16)29-14-21(28)27(2)3/h5-11H,12-15H2,1-4H3,(H2,24,25,26). The Morgan fingerprint density at radius 2 is 1.90 bits per heavy atom. The van der Waals surface area contributed by atoms with Crippen molar-refractivity contribution in [3.8, 4) is 5.75 Å². The minimum Gasteiger partial charge on any atom is -0.484 e. The van der Waals surface area contributed by atoms with E-state index >= 15 is 0 Å². The molecule has 0 heterocycles. The molecule has 2 N–H and O–H groups in total. The zero-order valence-electron chi connectivity index (χ0n) is 17.9. The Kier molecular flexibility index (Phi) is 9.47. The van der Waals surface area contributed by atoms with Gasteiger partial charge in [-0.25, -0.2) is 4.39 Å². The summed E-state index contributed by atoms with van der Waals surface area (Å²) in [6.45, 7) is 1.09. The molecule has 0 aliphatic rings. The first-order valence-corrected chi connectivity index (χ1v) is 10.9. The number of carbonyl (C=O) groups excluding carboxylic acids is 1. The number of hydrogen-bond acceptors (Lipinski definition) is 4. The van der Waals surface area contributed by atoms with E-state index in [0.29, 0.717) is 24.8 Å². The van der Waals surface area contributed by atoms with Crippen molar-refractivity contribution in [1.29, 1.82) is 0 Å². The van der Waals surface area contributed by atoms with E-state index in [0.717, 1.165) is 22.4 Å². The number of likely N-dealkylation sites (N-methyl/N-ethyl adjacent to an activating group) is 1. The second-order valence-electron chi connectivity index (χ2n) is 6.85. The van der Waals surface area contributed by atoms with Crippen molar-refractivity contribution in [2.24, 2.45) is 4.99 Å². The van der Waals surface area contributed by atoms with Gasteiger partial charge < -0.3 is 20.3 Å². The minimum atomic E-state index is -0.223. The molecule has 0 aromatic heterocycles. The predicted molar refractivity (Wildman–Crippen MR) is 121 cm³/mol. The molecule has 0 saturated carbocycles. The zero-order valence-corrected chi connectivity index (χ0v) is 18.7. The first-order valence-electron chi connectivity index (χ1n) is 9.55. The van der Waals surface area contributed by atoms with Crippen LogP contribution in [0.1, 0.15) is 16.7 Å². The van der Waals surface area contributed by atoms with Crippen LogP contribution in [0.4, 0.5) is 4.39 Å². The van der Waals surface area contributed by atoms with Gasteiger partial charge in [0.15, 0.2) is 12.6 Å². The van der Waals surface area contributed by atoms with Gasteiger partial charge in [0.05, 0.1) is 0 Å². The molecule has 2 aromatic rings. The normalized spacial score (nSPS) is 11.2. The molecule has 0 saturated heterocycles. The Hall–Kier alpha value is -2.74. The van der Waals surface area contributed by atoms with Crippen molar-refractivity contribution in [2.75, 3.05) is 34.0 Å². The number of aliphatic imine (C=N–C) groups is 1. The first kappa shape index (κ1) is 23.5. The quantitative estimate of drug-likeness (QED) is 0.471. The Morgan fingerprint density at radius 1 is 1.13 bits per heavy atom. The Bertz CT molecular complexity index is 874. The number of ether oxygens (including phenoxy) is 1. The van der Waals surface area contributed by atoms with Crippen LogP contribution in [0.2, 0.25) is 0 Å². The fourth-order valence-electron chi connectivity index (χ4n) is 2.66. The summed E-state index contributed by atoms with van der Waals surface area (Å²) in [7, 11) is 5.09. The molecule has 0 radical (unpaired) electrons. The molecule has 1 amide bonds. The van der Waals surface area contributed by atoms with Gasteiger partial charge in [0.2, 0.25) is 0 Å². The highest BCUT2D eigenvalue weighted by molar-refractivity contribution is 7.97. The van der Waals surface area contributed by atoms with Gasteiger partial charge >= 0.3 is 0 Å². The number of carbonyl (C=O) groups is 1. The highest BCUT2D eigenvalue weighted by Gasteiger charge is 2.07. The number of amides is 1. The molecule has 0 spiro atoms. The maximum absolute atomic E-state index is 13.5. The van der Waals surface area contributed by atoms with Crippen LogP contribution in [0.15, 0.2) is 47.5 Å². The number of benzene rings is 2. The third-order valence-electron chi connectivity index (χ3n) is 4.36. The summed E-state index contributed by atoms with van der Waals surface area (Å²) in [4.78, 5) is 17.4. The van der Waals surface area contributed by atoms with Crippen LogP contribution in [0.5, 0.6) is 5.75 Å². The molecule has 0 unspecified atom stereocenters. The minimum absolute atomic E-state index is 0.00313. The molecule has 2 rings (SSSR count). The SMILES string of the molecule is CN=C(NCc1cccc(OCC(=O)N(C)C)c1)NCc1ccc(F)cc1CSC. The van der Waals surface area contributed by atoms with Gasteiger partial charge in [-0.2, -0.15) is 11.8 Å². The van der Waals surface area contributed by atoms with Gasteiger partial charge in [0, 0.05) is 40.0 Å². The van der Waals surface area contributed by atoms with Crippen LogP contribution in [0.25, 0.3) is 0 Å². The fraction of sp³-hybridized carbons (Fsp3) is 0.364.